The van der Waals surface area contributed by atoms with Crippen LogP contribution < -0.4 is 5.32 Å². The van der Waals surface area contributed by atoms with E-state index < -0.39 is 0 Å². The lowest BCUT2D eigenvalue weighted by Crippen LogP contribution is -2.25. The van der Waals surface area contributed by atoms with Crippen molar-refractivity contribution in [2.45, 2.75) is 32.1 Å². The van der Waals surface area contributed by atoms with Crippen LogP contribution in [0.3, 0.4) is 0 Å². The van der Waals surface area contributed by atoms with Crippen LogP contribution >= 0.6 is 0 Å². The third-order valence-electron chi connectivity index (χ3n) is 3.59. The fourth-order valence-electron chi connectivity index (χ4n) is 2.43. The molecule has 1 saturated carbocycles. The van der Waals surface area contributed by atoms with E-state index in [1.807, 2.05) is 7.05 Å². The summed E-state index contributed by atoms with van der Waals surface area (Å²) in [6, 6.07) is 9.06. The first-order chi connectivity index (χ1) is 7.29. The molecule has 15 heavy (non-hydrogen) atoms. The minimum atomic E-state index is 0.840. The number of nitrogens with one attached hydrogen (secondary N) is 1. The Balaban J connectivity index is 1.81. The second kappa shape index (κ2) is 4.80. The first-order valence-electron chi connectivity index (χ1n) is 6.00. The summed E-state index contributed by atoms with van der Waals surface area (Å²) in [5.74, 6) is 1.80. The summed E-state index contributed by atoms with van der Waals surface area (Å²) in [6.45, 7) is 3.32. The summed E-state index contributed by atoms with van der Waals surface area (Å²) in [5.41, 5.74) is 2.91. The van der Waals surface area contributed by atoms with Crippen LogP contribution in [0, 0.1) is 12.8 Å². The Hall–Kier alpha value is -0.820. The SMILES string of the molecule is CNCCC1CC(c2ccc(C)cc2)C1. The molecule has 1 aliphatic carbocycles. The fraction of sp³-hybridized carbons (Fsp3) is 0.571. The zero-order valence-electron chi connectivity index (χ0n) is 9.79. The van der Waals surface area contributed by atoms with Crippen LogP contribution in [-0.2, 0) is 0 Å². The molecule has 0 amide bonds. The molecule has 0 bridgehead atoms. The van der Waals surface area contributed by atoms with Crippen molar-refractivity contribution in [1.82, 2.24) is 5.32 Å². The first kappa shape index (κ1) is 10.7. The second-order valence-corrected chi connectivity index (χ2v) is 4.84. The molecule has 1 N–H and O–H groups in total. The average Bonchev–Trinajstić information content (AvgIpc) is 2.18. The van der Waals surface area contributed by atoms with Crippen LogP contribution in [0.2, 0.25) is 0 Å². The number of hydrogen-bond donors (Lipinski definition) is 1. The van der Waals surface area contributed by atoms with Crippen molar-refractivity contribution in [3.63, 3.8) is 0 Å². The van der Waals surface area contributed by atoms with Crippen LogP contribution in [0.4, 0.5) is 0 Å². The van der Waals surface area contributed by atoms with Gasteiger partial charge in [-0.25, -0.2) is 0 Å². The number of hydrogen-bond acceptors (Lipinski definition) is 1. The van der Waals surface area contributed by atoms with Gasteiger partial charge in [-0.2, -0.15) is 0 Å². The molecular weight excluding hydrogens is 182 g/mol. The Kier molecular flexibility index (Phi) is 3.42. The van der Waals surface area contributed by atoms with Crippen molar-refractivity contribution in [3.05, 3.63) is 35.4 Å². The van der Waals surface area contributed by atoms with Crippen molar-refractivity contribution in [3.8, 4) is 0 Å². The van der Waals surface area contributed by atoms with Gasteiger partial charge in [-0.1, -0.05) is 29.8 Å². The summed E-state index contributed by atoms with van der Waals surface area (Å²) in [6.07, 6.45) is 4.13. The van der Waals surface area contributed by atoms with Gasteiger partial charge < -0.3 is 5.32 Å². The standard InChI is InChI=1S/C14H21N/c1-11-3-5-13(6-4-11)14-9-12(10-14)7-8-15-2/h3-6,12,14-15H,7-10H2,1-2H3. The maximum atomic E-state index is 3.23. The van der Waals surface area contributed by atoms with Gasteiger partial charge in [-0.3, -0.25) is 0 Å². The molecule has 1 fully saturated rings. The van der Waals surface area contributed by atoms with Gasteiger partial charge >= 0.3 is 0 Å². The summed E-state index contributed by atoms with van der Waals surface area (Å²) in [4.78, 5) is 0. The molecule has 0 aliphatic heterocycles. The lowest BCUT2D eigenvalue weighted by atomic mass is 9.70. The lowest BCUT2D eigenvalue weighted by Gasteiger charge is -2.35. The van der Waals surface area contributed by atoms with E-state index in [0.29, 0.717) is 0 Å². The van der Waals surface area contributed by atoms with Crippen LogP contribution in [0.15, 0.2) is 24.3 Å². The Morgan fingerprint density at radius 1 is 1.20 bits per heavy atom. The third-order valence-corrected chi connectivity index (χ3v) is 3.59. The van der Waals surface area contributed by atoms with Crippen molar-refractivity contribution in [2.24, 2.45) is 5.92 Å². The number of rotatable bonds is 4. The van der Waals surface area contributed by atoms with E-state index in [-0.39, 0.29) is 0 Å². The van der Waals surface area contributed by atoms with Crippen molar-refractivity contribution >= 4 is 0 Å². The highest BCUT2D eigenvalue weighted by Gasteiger charge is 2.29. The zero-order valence-corrected chi connectivity index (χ0v) is 9.79. The zero-order chi connectivity index (χ0) is 10.7. The van der Waals surface area contributed by atoms with Crippen LogP contribution in [0.25, 0.3) is 0 Å². The average molecular weight is 203 g/mol. The first-order valence-corrected chi connectivity index (χ1v) is 6.00. The maximum absolute atomic E-state index is 3.23. The van der Waals surface area contributed by atoms with Gasteiger partial charge in [0, 0.05) is 0 Å². The predicted octanol–water partition coefficient (Wildman–Crippen LogP) is 3.10. The summed E-state index contributed by atoms with van der Waals surface area (Å²) in [7, 11) is 2.04. The molecule has 2 rings (SSSR count). The normalized spacial score (nSPS) is 24.9. The lowest BCUT2D eigenvalue weighted by molar-refractivity contribution is 0.247. The molecule has 0 heterocycles. The molecule has 1 aromatic carbocycles. The van der Waals surface area contributed by atoms with Crippen molar-refractivity contribution in [1.29, 1.82) is 0 Å². The third kappa shape index (κ3) is 2.60. The van der Waals surface area contributed by atoms with E-state index in [2.05, 4.69) is 36.5 Å². The fourth-order valence-corrected chi connectivity index (χ4v) is 2.43. The topological polar surface area (TPSA) is 12.0 Å². The Morgan fingerprint density at radius 3 is 2.47 bits per heavy atom. The Bertz CT molecular complexity index is 296. The predicted molar refractivity (Wildman–Crippen MR) is 65.2 cm³/mol. The van der Waals surface area contributed by atoms with Gasteiger partial charge in [-0.15, -0.1) is 0 Å². The van der Waals surface area contributed by atoms with Crippen molar-refractivity contribution in [2.75, 3.05) is 13.6 Å². The molecule has 1 aliphatic rings. The highest BCUT2D eigenvalue weighted by molar-refractivity contribution is 5.26. The molecule has 82 valence electrons. The maximum Gasteiger partial charge on any atom is -0.00493 e. The number of aryl methyl sites for hydroxylation is 1. The Morgan fingerprint density at radius 2 is 1.87 bits per heavy atom. The van der Waals surface area contributed by atoms with E-state index >= 15 is 0 Å². The minimum absolute atomic E-state index is 0.840. The van der Waals surface area contributed by atoms with Crippen LogP contribution in [-0.4, -0.2) is 13.6 Å². The smallest absolute Gasteiger partial charge is 0.00493 e. The van der Waals surface area contributed by atoms with E-state index in [4.69, 9.17) is 0 Å². The van der Waals surface area contributed by atoms with Crippen molar-refractivity contribution < 1.29 is 0 Å². The quantitative estimate of drug-likeness (QED) is 0.793. The molecule has 0 unspecified atom stereocenters. The number of benzene rings is 1. The molecule has 0 saturated heterocycles. The molecule has 0 aromatic heterocycles. The molecular formula is C14H21N. The van der Waals surface area contributed by atoms with E-state index in [9.17, 15) is 0 Å². The van der Waals surface area contributed by atoms with Gasteiger partial charge in [-0.05, 0) is 57.2 Å². The van der Waals surface area contributed by atoms with Gasteiger partial charge in [0.1, 0.15) is 0 Å². The largest absolute Gasteiger partial charge is 0.320 e. The monoisotopic (exact) mass is 203 g/mol. The summed E-state index contributed by atoms with van der Waals surface area (Å²) < 4.78 is 0. The Labute approximate surface area is 92.9 Å². The van der Waals surface area contributed by atoms with Gasteiger partial charge in [0.2, 0.25) is 0 Å². The summed E-state index contributed by atoms with van der Waals surface area (Å²) >= 11 is 0. The van der Waals surface area contributed by atoms with Gasteiger partial charge in [0.05, 0.1) is 0 Å². The highest BCUT2D eigenvalue weighted by atomic mass is 14.8. The van der Waals surface area contributed by atoms with E-state index in [0.717, 1.165) is 11.8 Å². The van der Waals surface area contributed by atoms with Gasteiger partial charge in [0.15, 0.2) is 0 Å². The molecule has 0 atom stereocenters. The second-order valence-electron chi connectivity index (χ2n) is 4.84. The van der Waals surface area contributed by atoms with Gasteiger partial charge in [0.25, 0.3) is 0 Å². The highest BCUT2D eigenvalue weighted by Crippen LogP contribution is 2.42. The molecule has 1 heteroatoms. The minimum Gasteiger partial charge on any atom is -0.320 e. The van der Waals surface area contributed by atoms with E-state index in [1.54, 1.807) is 5.56 Å². The van der Waals surface area contributed by atoms with Crippen LogP contribution in [0.5, 0.6) is 0 Å². The van der Waals surface area contributed by atoms with Crippen LogP contribution in [0.1, 0.15) is 36.3 Å². The molecule has 1 nitrogen and oxygen atoms in total. The molecule has 0 spiro atoms. The summed E-state index contributed by atoms with van der Waals surface area (Å²) in [5, 5.41) is 3.23. The van der Waals surface area contributed by atoms with E-state index in [1.165, 1.54) is 31.4 Å². The molecule has 1 aromatic rings. The molecule has 0 radical (unpaired) electrons.